The van der Waals surface area contributed by atoms with Gasteiger partial charge in [-0.25, -0.2) is 9.59 Å². The van der Waals surface area contributed by atoms with Gasteiger partial charge in [-0.2, -0.15) is 0 Å². The van der Waals surface area contributed by atoms with E-state index in [1.54, 1.807) is 19.9 Å². The Hall–Kier alpha value is -1.55. The third kappa shape index (κ3) is 5.34. The molecular weight excluding hydrogens is 304 g/mol. The van der Waals surface area contributed by atoms with Crippen LogP contribution in [0.2, 0.25) is 5.02 Å². The van der Waals surface area contributed by atoms with Crippen LogP contribution < -0.4 is 0 Å². The summed E-state index contributed by atoms with van der Waals surface area (Å²) in [6.45, 7) is 8.27. The van der Waals surface area contributed by atoms with E-state index in [0.29, 0.717) is 23.1 Å². The van der Waals surface area contributed by atoms with Gasteiger partial charge >= 0.3 is 11.9 Å². The Morgan fingerprint density at radius 2 is 1.73 bits per heavy atom. The summed E-state index contributed by atoms with van der Waals surface area (Å²) < 4.78 is 10.2. The second kappa shape index (κ2) is 8.79. The van der Waals surface area contributed by atoms with Gasteiger partial charge in [0.25, 0.3) is 0 Å². The molecule has 0 atom stereocenters. The van der Waals surface area contributed by atoms with Crippen molar-refractivity contribution in [3.05, 3.63) is 33.8 Å². The van der Waals surface area contributed by atoms with E-state index in [4.69, 9.17) is 21.1 Å². The minimum Gasteiger partial charge on any atom is -0.462 e. The Kier molecular flexibility index (Phi) is 7.39. The monoisotopic (exact) mass is 326 g/mol. The molecule has 0 amide bonds. The molecule has 1 aromatic rings. The van der Waals surface area contributed by atoms with Gasteiger partial charge in [-0.3, -0.25) is 0 Å². The maximum Gasteiger partial charge on any atom is 0.339 e. The van der Waals surface area contributed by atoms with E-state index in [9.17, 15) is 9.59 Å². The molecule has 22 heavy (non-hydrogen) atoms. The molecular formula is C17H23ClO4. The van der Waals surface area contributed by atoms with Crippen LogP contribution in [0.15, 0.2) is 12.1 Å². The molecule has 4 nitrogen and oxygen atoms in total. The molecule has 0 N–H and O–H groups in total. The van der Waals surface area contributed by atoms with E-state index in [0.717, 1.165) is 12.8 Å². The molecule has 0 saturated carbocycles. The summed E-state index contributed by atoms with van der Waals surface area (Å²) in [6, 6.07) is 3.03. The zero-order chi connectivity index (χ0) is 16.7. The van der Waals surface area contributed by atoms with Crippen LogP contribution in [0.5, 0.6) is 0 Å². The second-order valence-electron chi connectivity index (χ2n) is 5.54. The van der Waals surface area contributed by atoms with Crippen molar-refractivity contribution in [2.24, 2.45) is 5.92 Å². The first-order chi connectivity index (χ1) is 10.4. The molecule has 0 bridgehead atoms. The third-order valence-electron chi connectivity index (χ3n) is 3.17. The molecule has 1 aromatic carbocycles. The van der Waals surface area contributed by atoms with Crippen molar-refractivity contribution in [2.45, 2.75) is 40.5 Å². The van der Waals surface area contributed by atoms with Gasteiger partial charge < -0.3 is 9.47 Å². The molecule has 1 rings (SSSR count). The van der Waals surface area contributed by atoms with Crippen LogP contribution >= 0.6 is 11.6 Å². The SMILES string of the molecule is CCOC(=O)c1cc(Cl)c(C)cc1C(=O)OCCCC(C)C. The molecule has 0 radical (unpaired) electrons. The maximum atomic E-state index is 12.2. The zero-order valence-corrected chi connectivity index (χ0v) is 14.3. The Bertz CT molecular complexity index is 538. The summed E-state index contributed by atoms with van der Waals surface area (Å²) in [5.74, 6) is -0.531. The molecule has 0 aromatic heterocycles. The molecule has 0 aliphatic heterocycles. The summed E-state index contributed by atoms with van der Waals surface area (Å²) in [5.41, 5.74) is 1.06. The molecule has 5 heteroatoms. The number of benzene rings is 1. The molecule has 0 fully saturated rings. The number of halogens is 1. The van der Waals surface area contributed by atoms with Gasteiger partial charge in [-0.15, -0.1) is 0 Å². The van der Waals surface area contributed by atoms with Gasteiger partial charge in [0.2, 0.25) is 0 Å². The van der Waals surface area contributed by atoms with Crippen molar-refractivity contribution in [3.63, 3.8) is 0 Å². The van der Waals surface area contributed by atoms with Crippen LogP contribution in [0.1, 0.15) is 59.9 Å². The van der Waals surface area contributed by atoms with Crippen molar-refractivity contribution in [3.8, 4) is 0 Å². The first-order valence-electron chi connectivity index (χ1n) is 7.51. The minimum atomic E-state index is -0.571. The molecule has 0 aliphatic carbocycles. The van der Waals surface area contributed by atoms with Crippen LogP contribution in [0.25, 0.3) is 0 Å². The number of aryl methyl sites for hydroxylation is 1. The van der Waals surface area contributed by atoms with E-state index in [1.165, 1.54) is 6.07 Å². The summed E-state index contributed by atoms with van der Waals surface area (Å²) in [7, 11) is 0. The summed E-state index contributed by atoms with van der Waals surface area (Å²) >= 11 is 6.04. The molecule has 0 aliphatic rings. The lowest BCUT2D eigenvalue weighted by molar-refractivity contribution is 0.0460. The molecule has 122 valence electrons. The van der Waals surface area contributed by atoms with E-state index in [-0.39, 0.29) is 17.7 Å². The van der Waals surface area contributed by atoms with Crippen LogP contribution in [0, 0.1) is 12.8 Å². The first-order valence-corrected chi connectivity index (χ1v) is 7.89. The largest absolute Gasteiger partial charge is 0.462 e. The Labute approximate surface area is 136 Å². The van der Waals surface area contributed by atoms with Gasteiger partial charge in [0, 0.05) is 5.02 Å². The molecule has 0 heterocycles. The standard InChI is InChI=1S/C17H23ClO4/c1-5-21-16(19)14-10-15(18)12(4)9-13(14)17(20)22-8-6-7-11(2)3/h9-11H,5-8H2,1-4H3. The van der Waals surface area contributed by atoms with Gasteiger partial charge in [0.05, 0.1) is 24.3 Å². The predicted molar refractivity (Wildman–Crippen MR) is 86.5 cm³/mol. The van der Waals surface area contributed by atoms with Crippen molar-refractivity contribution < 1.29 is 19.1 Å². The highest BCUT2D eigenvalue weighted by Gasteiger charge is 2.21. The smallest absolute Gasteiger partial charge is 0.339 e. The zero-order valence-electron chi connectivity index (χ0n) is 13.6. The van der Waals surface area contributed by atoms with E-state index < -0.39 is 11.9 Å². The minimum absolute atomic E-state index is 0.145. The average Bonchev–Trinajstić information content (AvgIpc) is 2.45. The highest BCUT2D eigenvalue weighted by Crippen LogP contribution is 2.23. The van der Waals surface area contributed by atoms with Gasteiger partial charge in [-0.1, -0.05) is 25.4 Å². The fourth-order valence-corrected chi connectivity index (χ4v) is 2.13. The van der Waals surface area contributed by atoms with Gasteiger partial charge in [-0.05, 0) is 50.3 Å². The Balaban J connectivity index is 2.89. The lowest BCUT2D eigenvalue weighted by Crippen LogP contribution is -2.15. The Morgan fingerprint density at radius 1 is 1.14 bits per heavy atom. The molecule has 0 spiro atoms. The van der Waals surface area contributed by atoms with Crippen LogP contribution in [0.3, 0.4) is 0 Å². The summed E-state index contributed by atoms with van der Waals surface area (Å²) in [5, 5.41) is 0.416. The fraction of sp³-hybridized carbons (Fsp3) is 0.529. The van der Waals surface area contributed by atoms with Crippen molar-refractivity contribution >= 4 is 23.5 Å². The average molecular weight is 327 g/mol. The van der Waals surface area contributed by atoms with Gasteiger partial charge in [0.1, 0.15) is 0 Å². The van der Waals surface area contributed by atoms with Crippen molar-refractivity contribution in [1.29, 1.82) is 0 Å². The third-order valence-corrected chi connectivity index (χ3v) is 3.58. The maximum absolute atomic E-state index is 12.2. The highest BCUT2D eigenvalue weighted by atomic mass is 35.5. The molecule has 0 saturated heterocycles. The lowest BCUT2D eigenvalue weighted by atomic mass is 10.0. The number of hydrogen-bond acceptors (Lipinski definition) is 4. The van der Waals surface area contributed by atoms with E-state index >= 15 is 0 Å². The van der Waals surface area contributed by atoms with E-state index in [1.807, 2.05) is 0 Å². The first kappa shape index (κ1) is 18.5. The fourth-order valence-electron chi connectivity index (χ4n) is 1.96. The van der Waals surface area contributed by atoms with Crippen molar-refractivity contribution in [1.82, 2.24) is 0 Å². The number of hydrogen-bond donors (Lipinski definition) is 0. The van der Waals surface area contributed by atoms with Crippen molar-refractivity contribution in [2.75, 3.05) is 13.2 Å². The van der Waals surface area contributed by atoms with Crippen LogP contribution in [-0.4, -0.2) is 25.2 Å². The predicted octanol–water partition coefficient (Wildman–Crippen LogP) is 4.42. The summed E-state index contributed by atoms with van der Waals surface area (Å²) in [4.78, 5) is 24.2. The van der Waals surface area contributed by atoms with Gasteiger partial charge in [0.15, 0.2) is 0 Å². The quantitative estimate of drug-likeness (QED) is 0.550. The summed E-state index contributed by atoms with van der Waals surface area (Å²) in [6.07, 6.45) is 1.78. The lowest BCUT2D eigenvalue weighted by Gasteiger charge is -2.11. The topological polar surface area (TPSA) is 52.6 Å². The number of ether oxygens (including phenoxy) is 2. The van der Waals surface area contributed by atoms with Crippen LogP contribution in [0.4, 0.5) is 0 Å². The number of carbonyl (C=O) groups is 2. The number of rotatable bonds is 7. The van der Waals surface area contributed by atoms with Crippen LogP contribution in [-0.2, 0) is 9.47 Å². The number of carbonyl (C=O) groups excluding carboxylic acids is 2. The number of esters is 2. The highest BCUT2D eigenvalue weighted by molar-refractivity contribution is 6.32. The molecule has 0 unspecified atom stereocenters. The normalized spacial score (nSPS) is 10.6. The Morgan fingerprint density at radius 3 is 2.32 bits per heavy atom. The van der Waals surface area contributed by atoms with E-state index in [2.05, 4.69) is 13.8 Å². The second-order valence-corrected chi connectivity index (χ2v) is 5.95.